The Morgan fingerprint density at radius 1 is 1.06 bits per heavy atom. The fourth-order valence-corrected chi connectivity index (χ4v) is 2.09. The Hall–Kier alpha value is -2.66. The monoisotopic (exact) mass is 229 g/mol. The molecule has 3 aromatic rings. The van der Waals surface area contributed by atoms with E-state index >= 15 is 0 Å². The Morgan fingerprint density at radius 3 is 2.83 bits per heavy atom. The van der Waals surface area contributed by atoms with Crippen molar-refractivity contribution in [3.05, 3.63) is 66.5 Å². The molecule has 1 heterocycles. The van der Waals surface area contributed by atoms with Gasteiger partial charge in [-0.25, -0.2) is 0 Å². The van der Waals surface area contributed by atoms with Crippen LogP contribution in [0.1, 0.15) is 5.56 Å². The number of hydrogen-bond donors (Lipinski definition) is 0. The molecular weight excluding hydrogens is 220 g/mol. The number of rotatable bonds is 1. The predicted molar refractivity (Wildman–Crippen MR) is 70.7 cm³/mol. The number of aromatic nitrogens is 1. The second kappa shape index (κ2) is 4.31. The van der Waals surface area contributed by atoms with Crippen LogP contribution in [0.4, 0.5) is 0 Å². The van der Waals surface area contributed by atoms with Crippen molar-refractivity contribution in [3.8, 4) is 17.2 Å². The van der Waals surface area contributed by atoms with Crippen molar-refractivity contribution < 1.29 is 0 Å². The van der Waals surface area contributed by atoms with E-state index in [0.29, 0.717) is 5.56 Å². The highest BCUT2D eigenvalue weighted by molar-refractivity contribution is 5.97. The van der Waals surface area contributed by atoms with Crippen molar-refractivity contribution in [2.24, 2.45) is 0 Å². The van der Waals surface area contributed by atoms with Gasteiger partial charge >= 0.3 is 0 Å². The van der Waals surface area contributed by atoms with E-state index in [2.05, 4.69) is 17.1 Å². The summed E-state index contributed by atoms with van der Waals surface area (Å²) < 4.78 is 0. The molecule has 0 saturated heterocycles. The summed E-state index contributed by atoms with van der Waals surface area (Å²) in [5.41, 5.74) is 2.53. The molecule has 0 spiro atoms. The number of benzene rings is 2. The zero-order chi connectivity index (χ0) is 12.4. The quantitative estimate of drug-likeness (QED) is 0.639. The molecule has 0 aliphatic carbocycles. The molecule has 0 bridgehead atoms. The van der Waals surface area contributed by atoms with Gasteiger partial charge in [0, 0.05) is 18.0 Å². The zero-order valence-corrected chi connectivity index (χ0v) is 9.59. The number of nitrogens with zero attached hydrogens (tertiary/aromatic N) is 2. The Labute approximate surface area is 105 Å². The maximum atomic E-state index is 9.17. The smallest absolute Gasteiger partial charge is 0.0999 e. The third-order valence-electron chi connectivity index (χ3n) is 2.94. The summed E-state index contributed by atoms with van der Waals surface area (Å²) in [6, 6.07) is 19.0. The van der Waals surface area contributed by atoms with Crippen molar-refractivity contribution in [1.82, 2.24) is 4.98 Å². The van der Waals surface area contributed by atoms with Gasteiger partial charge in [-0.15, -0.1) is 0 Å². The summed E-state index contributed by atoms with van der Waals surface area (Å²) >= 11 is 0. The molecule has 3 rings (SSSR count). The first-order valence-corrected chi connectivity index (χ1v) is 5.64. The first kappa shape index (κ1) is 10.5. The molecule has 0 aliphatic heterocycles. The van der Waals surface area contributed by atoms with Crippen LogP contribution >= 0.6 is 0 Å². The van der Waals surface area contributed by atoms with Gasteiger partial charge in [-0.3, -0.25) is 4.98 Å². The number of nitriles is 1. The molecule has 2 aromatic carbocycles. The summed E-state index contributed by atoms with van der Waals surface area (Å²) in [5, 5.41) is 11.3. The fraction of sp³-hybridized carbons (Fsp3) is 0. The van der Waals surface area contributed by atoms with E-state index in [4.69, 9.17) is 5.26 Å². The molecule has 1 radical (unpaired) electrons. The summed E-state index contributed by atoms with van der Waals surface area (Å²) in [7, 11) is 0. The minimum atomic E-state index is 0.640. The maximum Gasteiger partial charge on any atom is 0.0999 e. The van der Waals surface area contributed by atoms with E-state index in [1.54, 1.807) is 18.5 Å². The van der Waals surface area contributed by atoms with Crippen LogP contribution in [-0.2, 0) is 0 Å². The van der Waals surface area contributed by atoms with Crippen LogP contribution in [0.5, 0.6) is 0 Å². The van der Waals surface area contributed by atoms with Crippen LogP contribution in [0.3, 0.4) is 0 Å². The van der Waals surface area contributed by atoms with Crippen LogP contribution in [0, 0.1) is 17.4 Å². The Kier molecular flexibility index (Phi) is 2.51. The minimum absolute atomic E-state index is 0.640. The SMILES string of the molecule is N#Cc1ccncc1-c1cc[c]c2ccccc12. The van der Waals surface area contributed by atoms with E-state index in [1.165, 1.54) is 0 Å². The summed E-state index contributed by atoms with van der Waals surface area (Å²) in [4.78, 5) is 4.12. The number of fused-ring (bicyclic) bond motifs is 1. The lowest BCUT2D eigenvalue weighted by atomic mass is 9.97. The normalized spacial score (nSPS) is 10.2. The number of pyridine rings is 1. The lowest BCUT2D eigenvalue weighted by Gasteiger charge is -2.07. The molecule has 0 N–H and O–H groups in total. The molecule has 0 unspecified atom stereocenters. The highest BCUT2D eigenvalue weighted by atomic mass is 14.6. The molecule has 0 amide bonds. The van der Waals surface area contributed by atoms with Crippen LogP contribution in [0.15, 0.2) is 54.9 Å². The van der Waals surface area contributed by atoms with Gasteiger partial charge < -0.3 is 0 Å². The van der Waals surface area contributed by atoms with Gasteiger partial charge in [0.25, 0.3) is 0 Å². The molecule has 83 valence electrons. The largest absolute Gasteiger partial charge is 0.264 e. The van der Waals surface area contributed by atoms with Gasteiger partial charge in [0.15, 0.2) is 0 Å². The number of hydrogen-bond acceptors (Lipinski definition) is 2. The lowest BCUT2D eigenvalue weighted by molar-refractivity contribution is 1.31. The average Bonchev–Trinajstić information content (AvgIpc) is 2.46. The van der Waals surface area contributed by atoms with Gasteiger partial charge in [0.05, 0.1) is 11.6 Å². The highest BCUT2D eigenvalue weighted by Gasteiger charge is 2.07. The first-order valence-electron chi connectivity index (χ1n) is 5.64. The summed E-state index contributed by atoms with van der Waals surface area (Å²) in [6.45, 7) is 0. The van der Waals surface area contributed by atoms with Gasteiger partial charge in [0.2, 0.25) is 0 Å². The fourth-order valence-electron chi connectivity index (χ4n) is 2.09. The molecule has 0 saturated carbocycles. The first-order chi connectivity index (χ1) is 8.90. The second-order valence-electron chi connectivity index (χ2n) is 3.97. The van der Waals surface area contributed by atoms with Crippen LogP contribution in [0.25, 0.3) is 21.9 Å². The Balaban J connectivity index is 2.36. The summed E-state index contributed by atoms with van der Waals surface area (Å²) in [5.74, 6) is 0. The molecule has 2 nitrogen and oxygen atoms in total. The van der Waals surface area contributed by atoms with E-state index in [9.17, 15) is 0 Å². The summed E-state index contributed by atoms with van der Waals surface area (Å²) in [6.07, 6.45) is 3.37. The van der Waals surface area contributed by atoms with E-state index in [0.717, 1.165) is 21.9 Å². The van der Waals surface area contributed by atoms with Gasteiger partial charge in [0.1, 0.15) is 0 Å². The van der Waals surface area contributed by atoms with Crippen LogP contribution < -0.4 is 0 Å². The van der Waals surface area contributed by atoms with Gasteiger partial charge in [-0.2, -0.15) is 5.26 Å². The minimum Gasteiger partial charge on any atom is -0.264 e. The molecule has 2 heteroatoms. The Morgan fingerprint density at radius 2 is 1.94 bits per heavy atom. The topological polar surface area (TPSA) is 36.7 Å². The van der Waals surface area contributed by atoms with Crippen molar-refractivity contribution in [2.75, 3.05) is 0 Å². The molecule has 18 heavy (non-hydrogen) atoms. The van der Waals surface area contributed by atoms with Gasteiger partial charge in [-0.05, 0) is 28.5 Å². The van der Waals surface area contributed by atoms with E-state index in [1.807, 2.05) is 36.4 Å². The molecule has 0 atom stereocenters. The predicted octanol–water partition coefficient (Wildman–Crippen LogP) is 3.57. The van der Waals surface area contributed by atoms with Crippen molar-refractivity contribution in [3.63, 3.8) is 0 Å². The van der Waals surface area contributed by atoms with Crippen molar-refractivity contribution in [2.45, 2.75) is 0 Å². The maximum absolute atomic E-state index is 9.17. The van der Waals surface area contributed by atoms with Crippen molar-refractivity contribution >= 4 is 10.8 Å². The zero-order valence-electron chi connectivity index (χ0n) is 9.59. The van der Waals surface area contributed by atoms with Crippen LogP contribution in [0.2, 0.25) is 0 Å². The lowest BCUT2D eigenvalue weighted by Crippen LogP contribution is -1.87. The Bertz CT molecular complexity index is 749. The third kappa shape index (κ3) is 1.63. The molecule has 1 aromatic heterocycles. The molecule has 0 fully saturated rings. The standard InChI is InChI=1S/C16H9N2/c17-10-13-8-9-18-11-16(13)15-7-3-5-12-4-1-2-6-14(12)15/h1-4,6-9,11H. The van der Waals surface area contributed by atoms with Crippen LogP contribution in [-0.4, -0.2) is 4.98 Å². The average molecular weight is 229 g/mol. The highest BCUT2D eigenvalue weighted by Crippen LogP contribution is 2.29. The van der Waals surface area contributed by atoms with E-state index in [-0.39, 0.29) is 0 Å². The molecule has 0 aliphatic rings. The van der Waals surface area contributed by atoms with E-state index < -0.39 is 0 Å². The van der Waals surface area contributed by atoms with Crippen molar-refractivity contribution in [1.29, 1.82) is 5.26 Å². The third-order valence-corrected chi connectivity index (χ3v) is 2.94. The second-order valence-corrected chi connectivity index (χ2v) is 3.97. The molecular formula is C16H9N2. The van der Waals surface area contributed by atoms with Gasteiger partial charge in [-0.1, -0.05) is 36.4 Å².